The summed E-state index contributed by atoms with van der Waals surface area (Å²) in [4.78, 5) is 2.55. The molecule has 1 aliphatic heterocycles. The van der Waals surface area contributed by atoms with Gasteiger partial charge in [0, 0.05) is 25.4 Å². The maximum absolute atomic E-state index is 6.05. The topological polar surface area (TPSA) is 47.1 Å². The Morgan fingerprint density at radius 1 is 1.37 bits per heavy atom. The van der Waals surface area contributed by atoms with Crippen molar-refractivity contribution in [3.05, 3.63) is 17.5 Å². The molecule has 0 radical (unpaired) electrons. The smallest absolute Gasteiger partial charge is 0.0641 e. The van der Waals surface area contributed by atoms with Gasteiger partial charge in [-0.3, -0.25) is 9.58 Å². The largest absolute Gasteiger partial charge is 0.329 e. The van der Waals surface area contributed by atoms with E-state index < -0.39 is 0 Å². The van der Waals surface area contributed by atoms with Crippen LogP contribution in [-0.2, 0) is 7.05 Å². The lowest BCUT2D eigenvalue weighted by Crippen LogP contribution is -2.35. The molecule has 0 aliphatic carbocycles. The van der Waals surface area contributed by atoms with Crippen molar-refractivity contribution in [2.45, 2.75) is 46.1 Å². The first kappa shape index (κ1) is 14.5. The molecule has 1 aromatic heterocycles. The third-order valence-electron chi connectivity index (χ3n) is 4.45. The van der Waals surface area contributed by atoms with E-state index in [1.54, 1.807) is 0 Å². The summed E-state index contributed by atoms with van der Waals surface area (Å²) in [5.41, 5.74) is 8.93. The van der Waals surface area contributed by atoms with Crippen molar-refractivity contribution in [1.82, 2.24) is 14.7 Å². The van der Waals surface area contributed by atoms with Crippen molar-refractivity contribution in [3.8, 4) is 0 Å². The molecular formula is C15H28N4. The van der Waals surface area contributed by atoms with Crippen LogP contribution in [-0.4, -0.2) is 34.3 Å². The number of likely N-dealkylation sites (tertiary alicyclic amines) is 1. The van der Waals surface area contributed by atoms with Crippen LogP contribution in [0.4, 0.5) is 0 Å². The van der Waals surface area contributed by atoms with Crippen LogP contribution in [0.2, 0.25) is 0 Å². The highest BCUT2D eigenvalue weighted by Gasteiger charge is 2.28. The van der Waals surface area contributed by atoms with Crippen LogP contribution in [0.15, 0.2) is 6.20 Å². The van der Waals surface area contributed by atoms with Gasteiger partial charge in [-0.2, -0.15) is 5.10 Å². The lowest BCUT2D eigenvalue weighted by molar-refractivity contribution is 0.199. The Morgan fingerprint density at radius 3 is 2.68 bits per heavy atom. The van der Waals surface area contributed by atoms with E-state index in [-0.39, 0.29) is 0 Å². The van der Waals surface area contributed by atoms with Gasteiger partial charge in [0.15, 0.2) is 0 Å². The van der Waals surface area contributed by atoms with Gasteiger partial charge in [0.1, 0.15) is 0 Å². The number of nitrogens with zero attached hydrogens (tertiary/aromatic N) is 3. The molecule has 4 nitrogen and oxygen atoms in total. The summed E-state index contributed by atoms with van der Waals surface area (Å²) in [6, 6.07) is 0.322. The first-order valence-electron chi connectivity index (χ1n) is 7.37. The predicted molar refractivity (Wildman–Crippen MR) is 78.9 cm³/mol. The molecule has 0 aromatic carbocycles. The normalized spacial score (nSPS) is 22.2. The van der Waals surface area contributed by atoms with Crippen LogP contribution >= 0.6 is 0 Å². The van der Waals surface area contributed by atoms with Crippen molar-refractivity contribution < 1.29 is 0 Å². The van der Waals surface area contributed by atoms with Crippen LogP contribution in [0.25, 0.3) is 0 Å². The van der Waals surface area contributed by atoms with Crippen LogP contribution in [0.5, 0.6) is 0 Å². The SMILES string of the molecule is Cc1nn(C)cc1C(CN)N1CCCC(C)(C)CC1. The number of nitrogens with two attached hydrogens (primary N) is 1. The minimum atomic E-state index is 0.322. The Morgan fingerprint density at radius 2 is 2.11 bits per heavy atom. The van der Waals surface area contributed by atoms with Crippen LogP contribution in [0.3, 0.4) is 0 Å². The van der Waals surface area contributed by atoms with E-state index in [2.05, 4.69) is 37.0 Å². The Kier molecular flexibility index (Phi) is 4.31. The maximum Gasteiger partial charge on any atom is 0.0641 e. The molecule has 19 heavy (non-hydrogen) atoms. The standard InChI is InChI=1S/C15H28N4/c1-12-13(11-18(4)17-12)14(10-16)19-8-5-6-15(2,3)7-9-19/h11,14H,5-10,16H2,1-4H3. The fraction of sp³-hybridized carbons (Fsp3) is 0.800. The molecule has 2 rings (SSSR count). The summed E-state index contributed by atoms with van der Waals surface area (Å²) < 4.78 is 1.90. The van der Waals surface area contributed by atoms with Crippen molar-refractivity contribution in [1.29, 1.82) is 0 Å². The minimum Gasteiger partial charge on any atom is -0.329 e. The molecular weight excluding hydrogens is 236 g/mol. The molecule has 0 spiro atoms. The number of hydrogen-bond donors (Lipinski definition) is 1. The molecule has 4 heteroatoms. The second-order valence-electron chi connectivity index (χ2n) is 6.65. The summed E-state index contributed by atoms with van der Waals surface area (Å²) in [6.07, 6.45) is 5.96. The fourth-order valence-corrected chi connectivity index (χ4v) is 3.17. The minimum absolute atomic E-state index is 0.322. The number of rotatable bonds is 3. The van der Waals surface area contributed by atoms with Gasteiger partial charge < -0.3 is 5.73 Å². The van der Waals surface area contributed by atoms with Gasteiger partial charge in [-0.25, -0.2) is 0 Å². The summed E-state index contributed by atoms with van der Waals surface area (Å²) in [7, 11) is 1.98. The first-order valence-corrected chi connectivity index (χ1v) is 7.37. The Balaban J connectivity index is 2.16. The van der Waals surface area contributed by atoms with Gasteiger partial charge in [-0.1, -0.05) is 13.8 Å². The molecule has 1 aliphatic rings. The quantitative estimate of drug-likeness (QED) is 0.911. The molecule has 0 bridgehead atoms. The second kappa shape index (κ2) is 5.63. The summed E-state index contributed by atoms with van der Waals surface area (Å²) in [5, 5.41) is 4.46. The third kappa shape index (κ3) is 3.37. The van der Waals surface area contributed by atoms with Gasteiger partial charge in [-0.05, 0) is 44.7 Å². The molecule has 1 unspecified atom stereocenters. The summed E-state index contributed by atoms with van der Waals surface area (Å²) in [5.74, 6) is 0. The van der Waals surface area contributed by atoms with Crippen molar-refractivity contribution in [3.63, 3.8) is 0 Å². The van der Waals surface area contributed by atoms with Crippen molar-refractivity contribution in [2.75, 3.05) is 19.6 Å². The number of aromatic nitrogens is 2. The maximum atomic E-state index is 6.05. The molecule has 1 aromatic rings. The van der Waals surface area contributed by atoms with E-state index >= 15 is 0 Å². The molecule has 0 saturated carbocycles. The molecule has 108 valence electrons. The van der Waals surface area contributed by atoms with Gasteiger partial charge >= 0.3 is 0 Å². The Hall–Kier alpha value is -0.870. The second-order valence-corrected chi connectivity index (χ2v) is 6.65. The third-order valence-corrected chi connectivity index (χ3v) is 4.45. The molecule has 2 N–H and O–H groups in total. The van der Waals surface area contributed by atoms with E-state index in [0.717, 1.165) is 18.8 Å². The van der Waals surface area contributed by atoms with E-state index in [9.17, 15) is 0 Å². The van der Waals surface area contributed by atoms with Crippen LogP contribution < -0.4 is 5.73 Å². The lowest BCUT2D eigenvalue weighted by Gasteiger charge is -2.30. The van der Waals surface area contributed by atoms with E-state index in [4.69, 9.17) is 5.73 Å². The highest BCUT2D eigenvalue weighted by atomic mass is 15.3. The van der Waals surface area contributed by atoms with Crippen molar-refractivity contribution >= 4 is 0 Å². The average molecular weight is 264 g/mol. The molecule has 2 heterocycles. The molecule has 1 atom stereocenters. The summed E-state index contributed by atoms with van der Waals surface area (Å²) >= 11 is 0. The Bertz CT molecular complexity index is 422. The Labute approximate surface area is 117 Å². The predicted octanol–water partition coefficient (Wildman–Crippen LogP) is 2.24. The van der Waals surface area contributed by atoms with E-state index in [0.29, 0.717) is 18.0 Å². The first-order chi connectivity index (χ1) is 8.93. The lowest BCUT2D eigenvalue weighted by atomic mass is 9.85. The van der Waals surface area contributed by atoms with Crippen LogP contribution in [0, 0.1) is 12.3 Å². The van der Waals surface area contributed by atoms with Gasteiger partial charge in [0.25, 0.3) is 0 Å². The highest BCUT2D eigenvalue weighted by Crippen LogP contribution is 2.33. The highest BCUT2D eigenvalue weighted by molar-refractivity contribution is 5.20. The van der Waals surface area contributed by atoms with Gasteiger partial charge in [0.2, 0.25) is 0 Å². The molecule has 0 amide bonds. The zero-order valence-corrected chi connectivity index (χ0v) is 12.8. The number of aryl methyl sites for hydroxylation is 2. The van der Waals surface area contributed by atoms with Crippen molar-refractivity contribution in [2.24, 2.45) is 18.2 Å². The number of hydrogen-bond acceptors (Lipinski definition) is 3. The molecule has 1 saturated heterocycles. The van der Waals surface area contributed by atoms with Gasteiger partial charge in [-0.15, -0.1) is 0 Å². The fourth-order valence-electron chi connectivity index (χ4n) is 3.17. The van der Waals surface area contributed by atoms with Gasteiger partial charge in [0.05, 0.1) is 11.7 Å². The monoisotopic (exact) mass is 264 g/mol. The van der Waals surface area contributed by atoms with E-state index in [1.165, 1.54) is 24.8 Å². The zero-order valence-electron chi connectivity index (χ0n) is 12.8. The summed E-state index contributed by atoms with van der Waals surface area (Å²) in [6.45, 7) is 9.81. The molecule has 1 fully saturated rings. The van der Waals surface area contributed by atoms with E-state index in [1.807, 2.05) is 11.7 Å². The zero-order chi connectivity index (χ0) is 14.0. The average Bonchev–Trinajstić information content (AvgIpc) is 2.55. The van der Waals surface area contributed by atoms with Crippen LogP contribution in [0.1, 0.15) is 50.4 Å².